The van der Waals surface area contributed by atoms with Gasteiger partial charge in [0.05, 0.1) is 30.4 Å². The highest BCUT2D eigenvalue weighted by Crippen LogP contribution is 2.35. The van der Waals surface area contributed by atoms with Crippen molar-refractivity contribution in [1.29, 1.82) is 0 Å². The number of fused-ring (bicyclic) bond motifs is 3. The zero-order valence-electron chi connectivity index (χ0n) is 21.9. The summed E-state index contributed by atoms with van der Waals surface area (Å²) < 4.78 is 5.91. The number of nitrogens with one attached hydrogen (secondary N) is 1. The van der Waals surface area contributed by atoms with E-state index in [9.17, 15) is 9.59 Å². The van der Waals surface area contributed by atoms with Crippen molar-refractivity contribution in [2.45, 2.75) is 31.6 Å². The first kappa shape index (κ1) is 25.3. The molecule has 1 atom stereocenters. The molecule has 6 rings (SSSR count). The van der Waals surface area contributed by atoms with Crippen LogP contribution in [0.2, 0.25) is 0 Å². The van der Waals surface area contributed by atoms with Crippen molar-refractivity contribution >= 4 is 33.8 Å². The number of ether oxygens (including phenoxy) is 1. The zero-order valence-corrected chi connectivity index (χ0v) is 21.9. The Morgan fingerprint density at radius 3 is 2.64 bits per heavy atom. The van der Waals surface area contributed by atoms with Crippen LogP contribution in [0.3, 0.4) is 0 Å². The number of likely N-dealkylation sites (tertiary alicyclic amines) is 2. The molecular weight excluding hydrogens is 494 g/mol. The molecule has 0 aliphatic carbocycles. The average Bonchev–Trinajstić information content (AvgIpc) is 3.46. The molecule has 2 saturated heterocycles. The molecule has 2 fully saturated rings. The van der Waals surface area contributed by atoms with E-state index in [4.69, 9.17) is 9.84 Å². The number of aromatic carboxylic acids is 1. The van der Waals surface area contributed by atoms with E-state index in [1.165, 1.54) is 10.9 Å². The fraction of sp³-hybridized carbons (Fsp3) is 0.400. The summed E-state index contributed by atoms with van der Waals surface area (Å²) in [7, 11) is 0. The minimum Gasteiger partial charge on any atom is -0.493 e. The Kier molecular flexibility index (Phi) is 7.15. The van der Waals surface area contributed by atoms with Gasteiger partial charge in [-0.15, -0.1) is 0 Å². The van der Waals surface area contributed by atoms with Gasteiger partial charge in [0, 0.05) is 42.2 Å². The Morgan fingerprint density at radius 1 is 1.03 bits per heavy atom. The first-order chi connectivity index (χ1) is 19.0. The lowest BCUT2D eigenvalue weighted by Crippen LogP contribution is -2.47. The van der Waals surface area contributed by atoms with Crippen molar-refractivity contribution < 1.29 is 19.4 Å². The van der Waals surface area contributed by atoms with Crippen LogP contribution in [0.15, 0.2) is 55.0 Å². The third kappa shape index (κ3) is 5.45. The van der Waals surface area contributed by atoms with Crippen LogP contribution >= 0.6 is 0 Å². The number of H-pyrrole nitrogens is 1. The molecule has 9 nitrogen and oxygen atoms in total. The fourth-order valence-electron chi connectivity index (χ4n) is 6.05. The summed E-state index contributed by atoms with van der Waals surface area (Å²) in [6.45, 7) is 4.27. The number of benzene rings is 1. The minimum absolute atomic E-state index is 0.194. The van der Waals surface area contributed by atoms with Crippen molar-refractivity contribution in [2.24, 2.45) is 5.92 Å². The molecule has 1 aromatic carbocycles. The van der Waals surface area contributed by atoms with Crippen molar-refractivity contribution in [3.05, 3.63) is 66.1 Å². The SMILES string of the molecule is O=C(O)c1ccc(OCC2CCCN(C(=O)CN3CCC(c4cc[nH]c5cnc6nccc6c45)CC3)C2)cc1. The number of pyridine rings is 2. The molecule has 4 aromatic rings. The smallest absolute Gasteiger partial charge is 0.335 e. The molecule has 3 aromatic heterocycles. The topological polar surface area (TPSA) is 112 Å². The van der Waals surface area contributed by atoms with Crippen molar-refractivity contribution in [3.8, 4) is 5.75 Å². The van der Waals surface area contributed by atoms with Gasteiger partial charge in [-0.1, -0.05) is 0 Å². The highest BCUT2D eigenvalue weighted by atomic mass is 16.5. The van der Waals surface area contributed by atoms with E-state index in [1.54, 1.807) is 24.3 Å². The molecule has 2 aliphatic heterocycles. The summed E-state index contributed by atoms with van der Waals surface area (Å²) in [6, 6.07) is 10.7. The van der Waals surface area contributed by atoms with Crippen LogP contribution in [0, 0.1) is 5.92 Å². The second-order valence-corrected chi connectivity index (χ2v) is 10.7. The number of rotatable bonds is 7. The van der Waals surface area contributed by atoms with Crippen LogP contribution in [0.1, 0.15) is 47.5 Å². The summed E-state index contributed by atoms with van der Waals surface area (Å²) in [5.41, 5.74) is 3.40. The van der Waals surface area contributed by atoms with Crippen LogP contribution in [0.5, 0.6) is 5.75 Å². The van der Waals surface area contributed by atoms with Crippen molar-refractivity contribution in [3.63, 3.8) is 0 Å². The van der Waals surface area contributed by atoms with Crippen molar-refractivity contribution in [2.75, 3.05) is 39.3 Å². The van der Waals surface area contributed by atoms with Gasteiger partial charge < -0.3 is 19.7 Å². The Morgan fingerprint density at radius 2 is 1.85 bits per heavy atom. The number of aromatic amines is 1. The van der Waals surface area contributed by atoms with E-state index in [0.29, 0.717) is 31.4 Å². The molecule has 1 unspecified atom stereocenters. The van der Waals surface area contributed by atoms with Crippen molar-refractivity contribution in [1.82, 2.24) is 24.8 Å². The van der Waals surface area contributed by atoms with E-state index in [2.05, 4.69) is 25.9 Å². The molecule has 0 radical (unpaired) electrons. The van der Waals surface area contributed by atoms with E-state index in [0.717, 1.165) is 61.9 Å². The van der Waals surface area contributed by atoms with Gasteiger partial charge >= 0.3 is 5.97 Å². The highest BCUT2D eigenvalue weighted by Gasteiger charge is 2.28. The lowest BCUT2D eigenvalue weighted by atomic mass is 9.87. The number of piperidine rings is 2. The Balaban J connectivity index is 1.02. The predicted molar refractivity (Wildman–Crippen MR) is 148 cm³/mol. The largest absolute Gasteiger partial charge is 0.493 e. The van der Waals surface area contributed by atoms with Gasteiger partial charge in [0.1, 0.15) is 5.75 Å². The van der Waals surface area contributed by atoms with E-state index in [1.807, 2.05) is 29.6 Å². The number of aromatic nitrogens is 3. The summed E-state index contributed by atoms with van der Waals surface area (Å²) in [4.78, 5) is 40.7. The van der Waals surface area contributed by atoms with E-state index >= 15 is 0 Å². The summed E-state index contributed by atoms with van der Waals surface area (Å²) in [5, 5.41) is 11.4. The molecule has 5 heterocycles. The lowest BCUT2D eigenvalue weighted by molar-refractivity contribution is -0.134. The maximum atomic E-state index is 13.2. The van der Waals surface area contributed by atoms with Crippen LogP contribution in [0.25, 0.3) is 21.9 Å². The maximum Gasteiger partial charge on any atom is 0.335 e. The summed E-state index contributed by atoms with van der Waals surface area (Å²) in [6.07, 6.45) is 9.71. The zero-order chi connectivity index (χ0) is 26.8. The van der Waals surface area contributed by atoms with Gasteiger partial charge in [-0.2, -0.15) is 0 Å². The van der Waals surface area contributed by atoms with Gasteiger partial charge in [0.2, 0.25) is 5.91 Å². The van der Waals surface area contributed by atoms with Gasteiger partial charge in [-0.05, 0) is 86.7 Å². The minimum atomic E-state index is -0.950. The summed E-state index contributed by atoms with van der Waals surface area (Å²) >= 11 is 0. The number of carboxylic acids is 1. The normalized spacial score (nSPS) is 19.0. The first-order valence-corrected chi connectivity index (χ1v) is 13.7. The van der Waals surface area contributed by atoms with E-state index in [-0.39, 0.29) is 17.4 Å². The molecule has 9 heteroatoms. The molecular formula is C30H33N5O4. The number of amides is 1. The molecule has 0 bridgehead atoms. The number of carbonyl (C=O) groups is 2. The average molecular weight is 528 g/mol. The molecule has 0 saturated carbocycles. The molecule has 0 spiro atoms. The molecule has 1 amide bonds. The van der Waals surface area contributed by atoms with Gasteiger partial charge in [0.25, 0.3) is 0 Å². The monoisotopic (exact) mass is 527 g/mol. The number of nitrogens with zero attached hydrogens (tertiary/aromatic N) is 4. The highest BCUT2D eigenvalue weighted by molar-refractivity contribution is 6.05. The first-order valence-electron chi connectivity index (χ1n) is 13.7. The van der Waals surface area contributed by atoms with Gasteiger partial charge in [-0.25, -0.2) is 14.8 Å². The third-order valence-corrected chi connectivity index (χ3v) is 8.17. The number of carbonyl (C=O) groups excluding carboxylic acids is 1. The predicted octanol–water partition coefficient (Wildman–Crippen LogP) is 4.31. The fourth-order valence-corrected chi connectivity index (χ4v) is 6.05. The number of hydrogen-bond acceptors (Lipinski definition) is 6. The quantitative estimate of drug-likeness (QED) is 0.368. The maximum absolute atomic E-state index is 13.2. The second kappa shape index (κ2) is 11.0. The molecule has 2 N–H and O–H groups in total. The van der Waals surface area contributed by atoms with Crippen LogP contribution in [0.4, 0.5) is 0 Å². The molecule has 39 heavy (non-hydrogen) atoms. The number of hydrogen-bond donors (Lipinski definition) is 2. The Hall–Kier alpha value is -3.98. The molecule has 2 aliphatic rings. The van der Waals surface area contributed by atoms with Gasteiger partial charge in [-0.3, -0.25) is 9.69 Å². The third-order valence-electron chi connectivity index (χ3n) is 8.17. The molecule has 202 valence electrons. The Bertz CT molecular complexity index is 1480. The second-order valence-electron chi connectivity index (χ2n) is 10.7. The van der Waals surface area contributed by atoms with Gasteiger partial charge in [0.15, 0.2) is 5.65 Å². The summed E-state index contributed by atoms with van der Waals surface area (Å²) in [5.74, 6) is 0.609. The Labute approximate surface area is 226 Å². The number of carboxylic acid groups (broad SMARTS) is 1. The van der Waals surface area contributed by atoms with Crippen LogP contribution in [-0.4, -0.2) is 81.1 Å². The van der Waals surface area contributed by atoms with Crippen LogP contribution in [-0.2, 0) is 4.79 Å². The van der Waals surface area contributed by atoms with E-state index < -0.39 is 5.97 Å². The lowest BCUT2D eigenvalue weighted by Gasteiger charge is -2.36. The standard InChI is InChI=1S/C30H33N5O4/c36-27(35-13-1-2-20(17-35)19-39-23-5-3-22(4-6-23)30(37)38)18-34-14-9-21(10-15-34)24-7-11-31-26-16-33-29-25(28(24)26)8-12-32-29/h3-8,11-12,16,20-21,31H,1-2,9-10,13-15,17-19H2,(H,37,38). The van der Waals surface area contributed by atoms with Crippen LogP contribution < -0.4 is 4.74 Å².